The molecule has 2 N–H and O–H groups in total. The molecule has 6 nitrogen and oxygen atoms in total. The quantitative estimate of drug-likeness (QED) is 0.597. The summed E-state index contributed by atoms with van der Waals surface area (Å²) in [4.78, 5) is 23.9. The maximum atomic E-state index is 13.4. The molecule has 0 bridgehead atoms. The van der Waals surface area contributed by atoms with Gasteiger partial charge < -0.3 is 15.5 Å². The molecule has 2 aromatic carbocycles. The minimum absolute atomic E-state index is 0.0232. The van der Waals surface area contributed by atoms with Crippen molar-refractivity contribution < 1.29 is 13.6 Å². The summed E-state index contributed by atoms with van der Waals surface area (Å²) in [7, 11) is 3.95. The number of fused-ring (bicyclic) bond motifs is 1. The number of benzene rings is 2. The zero-order valence-corrected chi connectivity index (χ0v) is 18.7. The van der Waals surface area contributed by atoms with Gasteiger partial charge in [-0.05, 0) is 61.8 Å². The van der Waals surface area contributed by atoms with Crippen LogP contribution in [-0.2, 0) is 0 Å². The highest BCUT2D eigenvalue weighted by Crippen LogP contribution is 2.56. The monoisotopic (exact) mass is 451 g/mol. The van der Waals surface area contributed by atoms with Crippen LogP contribution in [0.1, 0.15) is 42.5 Å². The van der Waals surface area contributed by atoms with Gasteiger partial charge in [-0.3, -0.25) is 4.79 Å². The van der Waals surface area contributed by atoms with Crippen molar-refractivity contribution >= 4 is 28.6 Å². The molecule has 8 heteroatoms. The lowest BCUT2D eigenvalue weighted by atomic mass is 9.83. The van der Waals surface area contributed by atoms with Crippen LogP contribution >= 0.6 is 0 Å². The fourth-order valence-corrected chi connectivity index (χ4v) is 5.02. The number of anilines is 2. The van der Waals surface area contributed by atoms with Crippen LogP contribution in [-0.4, -0.2) is 42.1 Å². The van der Waals surface area contributed by atoms with E-state index in [2.05, 4.69) is 10.6 Å². The molecule has 0 radical (unpaired) electrons. The lowest BCUT2D eigenvalue weighted by molar-refractivity contribution is 0.0940. The van der Waals surface area contributed by atoms with Gasteiger partial charge >= 0.3 is 0 Å². The second kappa shape index (κ2) is 8.24. The van der Waals surface area contributed by atoms with Crippen LogP contribution in [0.15, 0.2) is 42.5 Å². The molecule has 5 rings (SSSR count). The molecule has 1 aromatic heterocycles. The molecular weight excluding hydrogens is 424 g/mol. The third kappa shape index (κ3) is 4.34. The summed E-state index contributed by atoms with van der Waals surface area (Å²) in [6.07, 6.45) is 4.76. The first-order chi connectivity index (χ1) is 15.8. The lowest BCUT2D eigenvalue weighted by Gasteiger charge is -2.30. The fraction of sp³-hybridized carbons (Fsp3) is 0.400. The van der Waals surface area contributed by atoms with Crippen molar-refractivity contribution in [2.45, 2.75) is 44.2 Å². The molecule has 2 saturated carbocycles. The van der Waals surface area contributed by atoms with Crippen LogP contribution in [0.5, 0.6) is 0 Å². The Kier molecular flexibility index (Phi) is 5.38. The molecule has 3 aromatic rings. The SMILES string of the molecule is CN(C)c1nc(NC2CCC3(CC2)C[C@H]3NC(=O)c2cc(F)cc(F)c2)nc2ccccc12. The van der Waals surface area contributed by atoms with Crippen molar-refractivity contribution in [2.75, 3.05) is 24.3 Å². The zero-order valence-electron chi connectivity index (χ0n) is 18.7. The fourth-order valence-electron chi connectivity index (χ4n) is 5.02. The van der Waals surface area contributed by atoms with E-state index >= 15 is 0 Å². The summed E-state index contributed by atoms with van der Waals surface area (Å²) in [5, 5.41) is 7.49. The first-order valence-electron chi connectivity index (χ1n) is 11.3. The number of aromatic nitrogens is 2. The van der Waals surface area contributed by atoms with E-state index in [-0.39, 0.29) is 23.1 Å². The van der Waals surface area contributed by atoms with Gasteiger partial charge in [-0.25, -0.2) is 13.8 Å². The van der Waals surface area contributed by atoms with Crippen molar-refractivity contribution in [3.63, 3.8) is 0 Å². The molecule has 1 heterocycles. The molecule has 1 amide bonds. The van der Waals surface area contributed by atoms with E-state index in [9.17, 15) is 13.6 Å². The van der Waals surface area contributed by atoms with Gasteiger partial charge in [-0.1, -0.05) is 12.1 Å². The number of amides is 1. The summed E-state index contributed by atoms with van der Waals surface area (Å²) >= 11 is 0. The van der Waals surface area contributed by atoms with Crippen molar-refractivity contribution in [3.05, 3.63) is 59.7 Å². The molecule has 172 valence electrons. The van der Waals surface area contributed by atoms with E-state index in [1.807, 2.05) is 43.3 Å². The predicted octanol–water partition coefficient (Wildman–Crippen LogP) is 4.52. The standard InChI is InChI=1S/C25H27F2N5O/c1-32(2)22-19-5-3-4-6-20(19)29-24(31-22)28-18-7-9-25(10-8-18)14-21(25)30-23(33)15-11-16(26)13-17(27)12-15/h3-6,11-13,18,21H,7-10,14H2,1-2H3,(H,30,33)(H,28,29,31)/t18?,21-,25?/m1/s1. The third-order valence-corrected chi connectivity index (χ3v) is 6.94. The number of hydrogen-bond acceptors (Lipinski definition) is 5. The van der Waals surface area contributed by atoms with Crippen LogP contribution in [0.25, 0.3) is 10.9 Å². The van der Waals surface area contributed by atoms with Gasteiger partial charge in [-0.2, -0.15) is 4.98 Å². The number of hydrogen-bond donors (Lipinski definition) is 2. The second-order valence-corrected chi connectivity index (χ2v) is 9.45. The average Bonchev–Trinajstić information content (AvgIpc) is 3.45. The molecule has 0 unspecified atom stereocenters. The molecule has 1 spiro atoms. The van der Waals surface area contributed by atoms with Gasteiger partial charge in [0.15, 0.2) is 0 Å². The summed E-state index contributed by atoms with van der Waals surface area (Å²) < 4.78 is 26.9. The average molecular weight is 452 g/mol. The van der Waals surface area contributed by atoms with E-state index in [4.69, 9.17) is 9.97 Å². The van der Waals surface area contributed by atoms with Crippen molar-refractivity contribution in [3.8, 4) is 0 Å². The number of nitrogens with one attached hydrogen (secondary N) is 2. The third-order valence-electron chi connectivity index (χ3n) is 6.94. The lowest BCUT2D eigenvalue weighted by Crippen LogP contribution is -2.34. The van der Waals surface area contributed by atoms with Gasteiger partial charge in [0, 0.05) is 43.2 Å². The first-order valence-corrected chi connectivity index (χ1v) is 11.3. The summed E-state index contributed by atoms with van der Waals surface area (Å²) in [5.74, 6) is -0.395. The Balaban J connectivity index is 1.20. The Morgan fingerprint density at radius 2 is 1.76 bits per heavy atom. The number of carbonyl (C=O) groups excluding carboxylic acids is 1. The van der Waals surface area contributed by atoms with E-state index < -0.39 is 17.5 Å². The molecule has 1 atom stereocenters. The molecule has 2 fully saturated rings. The summed E-state index contributed by atoms with van der Waals surface area (Å²) in [5.41, 5.74) is 1.01. The first kappa shape index (κ1) is 21.6. The van der Waals surface area contributed by atoms with E-state index in [0.717, 1.165) is 67.0 Å². The number of halogens is 2. The molecular formula is C25H27F2N5O. The number of nitrogens with zero attached hydrogens (tertiary/aromatic N) is 3. The van der Waals surface area contributed by atoms with Crippen LogP contribution in [0, 0.1) is 17.0 Å². The Hall–Kier alpha value is -3.29. The number of rotatable bonds is 5. The van der Waals surface area contributed by atoms with Crippen molar-refractivity contribution in [1.82, 2.24) is 15.3 Å². The van der Waals surface area contributed by atoms with Gasteiger partial charge in [0.2, 0.25) is 5.95 Å². The van der Waals surface area contributed by atoms with E-state index in [1.165, 1.54) is 0 Å². The largest absolute Gasteiger partial charge is 0.362 e. The van der Waals surface area contributed by atoms with Crippen molar-refractivity contribution in [2.24, 2.45) is 5.41 Å². The normalized spacial score (nSPS) is 24.0. The van der Waals surface area contributed by atoms with Gasteiger partial charge in [-0.15, -0.1) is 0 Å². The van der Waals surface area contributed by atoms with Gasteiger partial charge in [0.1, 0.15) is 17.5 Å². The molecule has 33 heavy (non-hydrogen) atoms. The highest BCUT2D eigenvalue weighted by molar-refractivity contribution is 5.94. The molecule has 0 aliphatic heterocycles. The van der Waals surface area contributed by atoms with Gasteiger partial charge in [0.05, 0.1) is 5.52 Å². The summed E-state index contributed by atoms with van der Waals surface area (Å²) in [6, 6.07) is 11.2. The Morgan fingerprint density at radius 1 is 1.06 bits per heavy atom. The Bertz CT molecular complexity index is 1190. The molecule has 0 saturated heterocycles. The van der Waals surface area contributed by atoms with Crippen LogP contribution in [0.2, 0.25) is 0 Å². The van der Waals surface area contributed by atoms with E-state index in [1.54, 1.807) is 0 Å². The smallest absolute Gasteiger partial charge is 0.251 e. The minimum atomic E-state index is -0.745. The zero-order chi connectivity index (χ0) is 23.2. The minimum Gasteiger partial charge on any atom is -0.362 e. The van der Waals surface area contributed by atoms with E-state index in [0.29, 0.717) is 5.95 Å². The van der Waals surface area contributed by atoms with Crippen molar-refractivity contribution in [1.29, 1.82) is 0 Å². The van der Waals surface area contributed by atoms with Crippen LogP contribution < -0.4 is 15.5 Å². The maximum Gasteiger partial charge on any atom is 0.251 e. The Labute approximate surface area is 191 Å². The second-order valence-electron chi connectivity index (χ2n) is 9.45. The van der Waals surface area contributed by atoms with Gasteiger partial charge in [0.25, 0.3) is 5.91 Å². The topological polar surface area (TPSA) is 70.2 Å². The van der Waals surface area contributed by atoms with Crippen LogP contribution in [0.3, 0.4) is 0 Å². The summed E-state index contributed by atoms with van der Waals surface area (Å²) in [6.45, 7) is 0. The number of para-hydroxylation sites is 1. The number of carbonyl (C=O) groups is 1. The highest BCUT2D eigenvalue weighted by atomic mass is 19.1. The van der Waals surface area contributed by atoms with Crippen LogP contribution in [0.4, 0.5) is 20.5 Å². The predicted molar refractivity (Wildman–Crippen MR) is 124 cm³/mol. The Morgan fingerprint density at radius 3 is 2.45 bits per heavy atom. The maximum absolute atomic E-state index is 13.4. The molecule has 2 aliphatic carbocycles. The highest BCUT2D eigenvalue weighted by Gasteiger charge is 2.55. The molecule has 2 aliphatic rings.